The van der Waals surface area contributed by atoms with Gasteiger partial charge in [0, 0.05) is 44.2 Å². The van der Waals surface area contributed by atoms with Crippen LogP contribution in [0.2, 0.25) is 0 Å². The third kappa shape index (κ3) is 1.95. The molecule has 102 valence electrons. The van der Waals surface area contributed by atoms with Crippen LogP contribution in [-0.4, -0.2) is 53.5 Å². The fraction of sp³-hybridized carbons (Fsp3) is 0.929. The molecule has 0 saturated carbocycles. The van der Waals surface area contributed by atoms with Crippen LogP contribution in [0, 0.1) is 5.92 Å². The van der Waals surface area contributed by atoms with Crippen molar-refractivity contribution in [2.24, 2.45) is 11.7 Å². The Morgan fingerprint density at radius 1 is 1.28 bits per heavy atom. The summed E-state index contributed by atoms with van der Waals surface area (Å²) >= 11 is 0. The van der Waals surface area contributed by atoms with Crippen LogP contribution in [0.5, 0.6) is 0 Å². The first-order chi connectivity index (χ1) is 8.70. The molecule has 3 saturated heterocycles. The van der Waals surface area contributed by atoms with Crippen molar-refractivity contribution >= 4 is 5.91 Å². The number of hydrogen-bond donors (Lipinski definition) is 1. The number of rotatable bonds is 2. The summed E-state index contributed by atoms with van der Waals surface area (Å²) in [4.78, 5) is 16.7. The Kier molecular flexibility index (Phi) is 3.32. The molecular weight excluding hydrogens is 226 g/mol. The second-order valence-electron chi connectivity index (χ2n) is 6.18. The van der Waals surface area contributed by atoms with Crippen LogP contribution < -0.4 is 5.73 Å². The highest BCUT2D eigenvalue weighted by Crippen LogP contribution is 2.34. The van der Waals surface area contributed by atoms with E-state index in [4.69, 9.17) is 5.73 Å². The summed E-state index contributed by atoms with van der Waals surface area (Å²) in [6.45, 7) is 5.40. The highest BCUT2D eigenvalue weighted by molar-refractivity contribution is 5.80. The first-order valence-corrected chi connectivity index (χ1v) is 7.49. The Morgan fingerprint density at radius 3 is 2.89 bits per heavy atom. The highest BCUT2D eigenvalue weighted by atomic mass is 16.2. The summed E-state index contributed by atoms with van der Waals surface area (Å²) in [5.74, 6) is 0.995. The van der Waals surface area contributed by atoms with Gasteiger partial charge in [0.15, 0.2) is 0 Å². The van der Waals surface area contributed by atoms with Gasteiger partial charge in [-0.25, -0.2) is 0 Å². The molecule has 0 radical (unpaired) electrons. The zero-order valence-corrected chi connectivity index (χ0v) is 11.3. The zero-order chi connectivity index (χ0) is 12.7. The molecule has 4 unspecified atom stereocenters. The predicted octanol–water partition coefficient (Wildman–Crippen LogP) is 0.809. The fourth-order valence-corrected chi connectivity index (χ4v) is 4.12. The summed E-state index contributed by atoms with van der Waals surface area (Å²) in [6.07, 6.45) is 5.40. The van der Waals surface area contributed by atoms with Crippen molar-refractivity contribution in [3.63, 3.8) is 0 Å². The smallest absolute Gasteiger partial charge is 0.224 e. The number of amides is 1. The molecule has 0 bridgehead atoms. The maximum Gasteiger partial charge on any atom is 0.224 e. The van der Waals surface area contributed by atoms with Crippen LogP contribution in [0.3, 0.4) is 0 Å². The number of carbonyl (C=O) groups is 1. The van der Waals surface area contributed by atoms with Crippen molar-refractivity contribution in [3.05, 3.63) is 0 Å². The molecule has 0 spiro atoms. The van der Waals surface area contributed by atoms with Gasteiger partial charge < -0.3 is 10.6 Å². The van der Waals surface area contributed by atoms with Gasteiger partial charge in [-0.2, -0.15) is 0 Å². The van der Waals surface area contributed by atoms with E-state index in [1.165, 1.54) is 12.8 Å². The summed E-state index contributed by atoms with van der Waals surface area (Å²) in [7, 11) is 0. The third-order valence-electron chi connectivity index (χ3n) is 5.27. The molecule has 3 aliphatic rings. The minimum Gasteiger partial charge on any atom is -0.338 e. The molecule has 0 aromatic rings. The van der Waals surface area contributed by atoms with E-state index in [0.717, 1.165) is 38.9 Å². The molecule has 4 nitrogen and oxygen atoms in total. The molecule has 0 aromatic heterocycles. The third-order valence-corrected chi connectivity index (χ3v) is 5.27. The standard InChI is InChI=1S/C14H25N3O/c1-2-10-9-16(7-5-11(10)15)13-8-14(18)17-6-3-4-12(13)17/h10-13H,2-9,15H2,1H3. The van der Waals surface area contributed by atoms with Gasteiger partial charge in [-0.3, -0.25) is 9.69 Å². The van der Waals surface area contributed by atoms with Crippen molar-refractivity contribution < 1.29 is 4.79 Å². The van der Waals surface area contributed by atoms with Gasteiger partial charge in [0.1, 0.15) is 0 Å². The zero-order valence-electron chi connectivity index (χ0n) is 11.3. The number of piperidine rings is 1. The summed E-state index contributed by atoms with van der Waals surface area (Å²) in [5, 5.41) is 0. The average Bonchev–Trinajstić information content (AvgIpc) is 2.95. The van der Waals surface area contributed by atoms with Gasteiger partial charge in [0.25, 0.3) is 0 Å². The Bertz CT molecular complexity index is 333. The van der Waals surface area contributed by atoms with Gasteiger partial charge in [-0.15, -0.1) is 0 Å². The van der Waals surface area contributed by atoms with Gasteiger partial charge in [0.2, 0.25) is 5.91 Å². The van der Waals surface area contributed by atoms with Crippen molar-refractivity contribution in [2.75, 3.05) is 19.6 Å². The molecule has 3 heterocycles. The number of nitrogens with two attached hydrogens (primary N) is 1. The van der Waals surface area contributed by atoms with E-state index in [1.807, 2.05) is 0 Å². The number of fused-ring (bicyclic) bond motifs is 1. The SMILES string of the molecule is CCC1CN(C2CC(=O)N3CCCC23)CCC1N. The Morgan fingerprint density at radius 2 is 2.11 bits per heavy atom. The van der Waals surface area contributed by atoms with Crippen LogP contribution >= 0.6 is 0 Å². The first kappa shape index (κ1) is 12.4. The van der Waals surface area contributed by atoms with Crippen molar-refractivity contribution in [1.29, 1.82) is 0 Å². The number of nitrogens with zero attached hydrogens (tertiary/aromatic N) is 2. The van der Waals surface area contributed by atoms with E-state index < -0.39 is 0 Å². The number of hydrogen-bond acceptors (Lipinski definition) is 3. The fourth-order valence-electron chi connectivity index (χ4n) is 4.12. The van der Waals surface area contributed by atoms with Crippen LogP contribution in [-0.2, 0) is 4.79 Å². The number of carbonyl (C=O) groups excluding carboxylic acids is 1. The molecule has 1 amide bonds. The second kappa shape index (κ2) is 4.82. The molecule has 0 aromatic carbocycles. The Hall–Kier alpha value is -0.610. The Labute approximate surface area is 109 Å². The summed E-state index contributed by atoms with van der Waals surface area (Å²) in [6, 6.07) is 1.34. The average molecular weight is 251 g/mol. The second-order valence-corrected chi connectivity index (χ2v) is 6.18. The quantitative estimate of drug-likeness (QED) is 0.790. The normalized spacial score (nSPS) is 41.4. The van der Waals surface area contributed by atoms with E-state index in [2.05, 4.69) is 16.7 Å². The molecular formula is C14H25N3O. The molecule has 3 aliphatic heterocycles. The van der Waals surface area contributed by atoms with E-state index in [0.29, 0.717) is 30.0 Å². The highest BCUT2D eigenvalue weighted by Gasteiger charge is 2.45. The molecule has 18 heavy (non-hydrogen) atoms. The lowest BCUT2D eigenvalue weighted by Gasteiger charge is -2.41. The molecule has 0 aliphatic carbocycles. The lowest BCUT2D eigenvalue weighted by Crippen LogP contribution is -2.53. The van der Waals surface area contributed by atoms with E-state index >= 15 is 0 Å². The van der Waals surface area contributed by atoms with Crippen LogP contribution in [0.1, 0.15) is 39.0 Å². The summed E-state index contributed by atoms with van der Waals surface area (Å²) < 4.78 is 0. The minimum atomic E-state index is 0.364. The first-order valence-electron chi connectivity index (χ1n) is 7.49. The van der Waals surface area contributed by atoms with Gasteiger partial charge in [-0.05, 0) is 25.2 Å². The predicted molar refractivity (Wildman–Crippen MR) is 71.1 cm³/mol. The van der Waals surface area contributed by atoms with Crippen molar-refractivity contribution in [1.82, 2.24) is 9.80 Å². The van der Waals surface area contributed by atoms with Gasteiger partial charge in [0.05, 0.1) is 0 Å². The maximum atomic E-state index is 12.0. The topological polar surface area (TPSA) is 49.6 Å². The molecule has 2 N–H and O–H groups in total. The number of likely N-dealkylation sites (tertiary alicyclic amines) is 1. The van der Waals surface area contributed by atoms with Crippen molar-refractivity contribution in [2.45, 2.75) is 57.2 Å². The monoisotopic (exact) mass is 251 g/mol. The van der Waals surface area contributed by atoms with E-state index in [9.17, 15) is 4.79 Å². The van der Waals surface area contributed by atoms with Gasteiger partial charge >= 0.3 is 0 Å². The van der Waals surface area contributed by atoms with E-state index in [1.54, 1.807) is 0 Å². The maximum absolute atomic E-state index is 12.0. The minimum absolute atomic E-state index is 0.364. The lowest BCUT2D eigenvalue weighted by atomic mass is 9.89. The van der Waals surface area contributed by atoms with Crippen molar-refractivity contribution in [3.8, 4) is 0 Å². The molecule has 4 heteroatoms. The summed E-state index contributed by atoms with van der Waals surface area (Å²) in [5.41, 5.74) is 6.18. The van der Waals surface area contributed by atoms with E-state index in [-0.39, 0.29) is 0 Å². The van der Waals surface area contributed by atoms with Crippen LogP contribution in [0.15, 0.2) is 0 Å². The largest absolute Gasteiger partial charge is 0.338 e. The van der Waals surface area contributed by atoms with Crippen LogP contribution in [0.25, 0.3) is 0 Å². The molecule has 3 rings (SSSR count). The Balaban J connectivity index is 1.70. The van der Waals surface area contributed by atoms with Gasteiger partial charge in [-0.1, -0.05) is 13.3 Å². The van der Waals surface area contributed by atoms with Crippen LogP contribution in [0.4, 0.5) is 0 Å². The molecule has 4 atom stereocenters. The lowest BCUT2D eigenvalue weighted by molar-refractivity contribution is -0.127. The molecule has 3 fully saturated rings.